The molecule has 0 atom stereocenters. The Labute approximate surface area is 164 Å². The summed E-state index contributed by atoms with van der Waals surface area (Å²) in [6.07, 6.45) is -1.27. The van der Waals surface area contributed by atoms with E-state index in [9.17, 15) is 22.8 Å². The van der Waals surface area contributed by atoms with Gasteiger partial charge in [-0.2, -0.15) is 13.2 Å². The molecule has 0 spiro atoms. The van der Waals surface area contributed by atoms with E-state index in [0.717, 1.165) is 32.7 Å². The van der Waals surface area contributed by atoms with E-state index in [-0.39, 0.29) is 24.4 Å². The van der Waals surface area contributed by atoms with Gasteiger partial charge in [-0.1, -0.05) is 13.8 Å². The quantitative estimate of drug-likeness (QED) is 0.497. The van der Waals surface area contributed by atoms with Crippen LogP contribution in [0.15, 0.2) is 4.99 Å². The van der Waals surface area contributed by atoms with Crippen LogP contribution in [0.5, 0.6) is 0 Å². The first kappa shape index (κ1) is 24.0. The number of nitrogens with one attached hydrogen (secondary N) is 2. The van der Waals surface area contributed by atoms with Crippen molar-refractivity contribution >= 4 is 17.8 Å². The standard InChI is InChI=1S/C18H32F3N5O2/c1-5-13(6-2)16(28)26-9-7-14(8-10-26)24-17(22-3)23-11-15(27)25(4)12-18(19,20)21/h13-14H,5-12H2,1-4H3,(H2,22,23,24). The maximum atomic E-state index is 12.4. The molecule has 1 rings (SSSR count). The zero-order valence-corrected chi connectivity index (χ0v) is 17.1. The van der Waals surface area contributed by atoms with Crippen molar-refractivity contribution < 1.29 is 22.8 Å². The van der Waals surface area contributed by atoms with E-state index in [1.807, 2.05) is 18.7 Å². The van der Waals surface area contributed by atoms with Gasteiger partial charge >= 0.3 is 6.18 Å². The van der Waals surface area contributed by atoms with Crippen molar-refractivity contribution in [2.24, 2.45) is 10.9 Å². The number of rotatable bonds is 7. The van der Waals surface area contributed by atoms with E-state index in [0.29, 0.717) is 23.9 Å². The van der Waals surface area contributed by atoms with Crippen LogP contribution in [0.25, 0.3) is 0 Å². The van der Waals surface area contributed by atoms with Crippen molar-refractivity contribution in [2.75, 3.05) is 40.3 Å². The van der Waals surface area contributed by atoms with Gasteiger partial charge in [0.25, 0.3) is 0 Å². The molecule has 2 amide bonds. The topological polar surface area (TPSA) is 77.0 Å². The summed E-state index contributed by atoms with van der Waals surface area (Å²) in [5, 5.41) is 5.93. The van der Waals surface area contributed by atoms with Crippen LogP contribution >= 0.6 is 0 Å². The van der Waals surface area contributed by atoms with Crippen LogP contribution < -0.4 is 10.6 Å². The molecule has 1 heterocycles. The minimum absolute atomic E-state index is 0.0682. The minimum Gasteiger partial charge on any atom is -0.354 e. The number of hydrogen-bond acceptors (Lipinski definition) is 3. The molecule has 0 aromatic carbocycles. The molecular formula is C18H32F3N5O2. The Bertz CT molecular complexity index is 542. The molecule has 1 aliphatic rings. The van der Waals surface area contributed by atoms with Gasteiger partial charge in [0.05, 0.1) is 6.54 Å². The summed E-state index contributed by atoms with van der Waals surface area (Å²) in [5.41, 5.74) is 0. The fourth-order valence-electron chi connectivity index (χ4n) is 3.18. The molecule has 0 bridgehead atoms. The summed E-state index contributed by atoms with van der Waals surface area (Å²) in [5.74, 6) is -0.0488. The molecule has 0 aromatic rings. The Morgan fingerprint density at radius 3 is 2.25 bits per heavy atom. The molecule has 0 unspecified atom stereocenters. The average Bonchev–Trinajstić information content (AvgIpc) is 2.64. The molecule has 0 saturated carbocycles. The van der Waals surface area contributed by atoms with Crippen LogP contribution in [-0.2, 0) is 9.59 Å². The van der Waals surface area contributed by atoms with Crippen molar-refractivity contribution in [3.63, 3.8) is 0 Å². The third-order valence-electron chi connectivity index (χ3n) is 4.96. The number of carbonyl (C=O) groups is 2. The van der Waals surface area contributed by atoms with Crippen LogP contribution in [0.1, 0.15) is 39.5 Å². The fraction of sp³-hybridized carbons (Fsp3) is 0.833. The number of hydrogen-bond donors (Lipinski definition) is 2. The van der Waals surface area contributed by atoms with E-state index < -0.39 is 18.6 Å². The molecule has 0 radical (unpaired) electrons. The molecule has 1 aliphatic heterocycles. The Morgan fingerprint density at radius 2 is 1.79 bits per heavy atom. The Balaban J connectivity index is 2.43. The maximum Gasteiger partial charge on any atom is 0.406 e. The molecule has 1 saturated heterocycles. The number of amides is 2. The van der Waals surface area contributed by atoms with Crippen LogP contribution in [0, 0.1) is 5.92 Å². The summed E-state index contributed by atoms with van der Waals surface area (Å²) < 4.78 is 37.0. The van der Waals surface area contributed by atoms with Crippen molar-refractivity contribution in [1.29, 1.82) is 0 Å². The molecule has 10 heteroatoms. The van der Waals surface area contributed by atoms with Crippen LogP contribution in [-0.4, -0.2) is 80.1 Å². The first-order valence-corrected chi connectivity index (χ1v) is 9.67. The van der Waals surface area contributed by atoms with E-state index in [1.54, 1.807) is 0 Å². The zero-order valence-electron chi connectivity index (χ0n) is 17.1. The summed E-state index contributed by atoms with van der Waals surface area (Å²) in [6.45, 7) is 3.77. The highest BCUT2D eigenvalue weighted by atomic mass is 19.4. The number of halogens is 3. The second kappa shape index (κ2) is 11.1. The summed E-state index contributed by atoms with van der Waals surface area (Å²) in [7, 11) is 2.64. The van der Waals surface area contributed by atoms with E-state index in [4.69, 9.17) is 0 Å². The van der Waals surface area contributed by atoms with E-state index in [2.05, 4.69) is 15.6 Å². The number of likely N-dealkylation sites (tertiary alicyclic amines) is 1. The van der Waals surface area contributed by atoms with Crippen molar-refractivity contribution in [3.05, 3.63) is 0 Å². The van der Waals surface area contributed by atoms with Gasteiger partial charge in [-0.25, -0.2) is 0 Å². The van der Waals surface area contributed by atoms with Crippen molar-refractivity contribution in [1.82, 2.24) is 20.4 Å². The third-order valence-corrected chi connectivity index (χ3v) is 4.96. The normalized spacial score (nSPS) is 16.3. The van der Waals surface area contributed by atoms with Crippen LogP contribution in [0.3, 0.4) is 0 Å². The number of likely N-dealkylation sites (N-methyl/N-ethyl adjacent to an activating group) is 1. The van der Waals surface area contributed by atoms with E-state index in [1.165, 1.54) is 7.05 Å². The molecule has 0 aromatic heterocycles. The maximum absolute atomic E-state index is 12.4. The second-order valence-corrected chi connectivity index (χ2v) is 7.05. The molecule has 28 heavy (non-hydrogen) atoms. The lowest BCUT2D eigenvalue weighted by atomic mass is 9.98. The zero-order chi connectivity index (χ0) is 21.3. The first-order chi connectivity index (χ1) is 13.1. The van der Waals surface area contributed by atoms with Gasteiger partial charge in [0.2, 0.25) is 11.8 Å². The van der Waals surface area contributed by atoms with Gasteiger partial charge in [0, 0.05) is 39.1 Å². The first-order valence-electron chi connectivity index (χ1n) is 9.67. The highest BCUT2D eigenvalue weighted by molar-refractivity contribution is 5.86. The predicted octanol–water partition coefficient (Wildman–Crippen LogP) is 1.60. The predicted molar refractivity (Wildman–Crippen MR) is 102 cm³/mol. The average molecular weight is 407 g/mol. The van der Waals surface area contributed by atoms with E-state index >= 15 is 0 Å². The molecular weight excluding hydrogens is 375 g/mol. The van der Waals surface area contributed by atoms with Gasteiger partial charge in [-0.05, 0) is 25.7 Å². The lowest BCUT2D eigenvalue weighted by molar-refractivity contribution is -0.157. The Morgan fingerprint density at radius 1 is 1.21 bits per heavy atom. The number of guanidine groups is 1. The molecule has 162 valence electrons. The third kappa shape index (κ3) is 7.93. The number of aliphatic imine (C=N–C) groups is 1. The van der Waals surface area contributed by atoms with Gasteiger partial charge < -0.3 is 20.4 Å². The summed E-state index contributed by atoms with van der Waals surface area (Å²) in [6, 6.07) is 0.0833. The number of carbonyl (C=O) groups excluding carboxylic acids is 2. The summed E-state index contributed by atoms with van der Waals surface area (Å²) in [4.78, 5) is 30.8. The van der Waals surface area contributed by atoms with Crippen LogP contribution in [0.4, 0.5) is 13.2 Å². The van der Waals surface area contributed by atoms with Gasteiger partial charge in [0.15, 0.2) is 5.96 Å². The van der Waals surface area contributed by atoms with Crippen LogP contribution in [0.2, 0.25) is 0 Å². The highest BCUT2D eigenvalue weighted by Gasteiger charge is 2.31. The fourth-order valence-corrected chi connectivity index (χ4v) is 3.18. The number of alkyl halides is 3. The van der Waals surface area contributed by atoms with Gasteiger partial charge in [-0.3, -0.25) is 14.6 Å². The largest absolute Gasteiger partial charge is 0.406 e. The molecule has 2 N–H and O–H groups in total. The monoisotopic (exact) mass is 407 g/mol. The summed E-state index contributed by atoms with van der Waals surface area (Å²) >= 11 is 0. The minimum atomic E-state index is -4.43. The molecule has 0 aliphatic carbocycles. The van der Waals surface area contributed by atoms with Gasteiger partial charge in [-0.15, -0.1) is 0 Å². The smallest absolute Gasteiger partial charge is 0.354 e. The second-order valence-electron chi connectivity index (χ2n) is 7.05. The van der Waals surface area contributed by atoms with Crippen molar-refractivity contribution in [3.8, 4) is 0 Å². The van der Waals surface area contributed by atoms with Crippen molar-refractivity contribution in [2.45, 2.75) is 51.7 Å². The lowest BCUT2D eigenvalue weighted by Gasteiger charge is -2.34. The Hall–Kier alpha value is -2.00. The van der Waals surface area contributed by atoms with Gasteiger partial charge in [0.1, 0.15) is 6.54 Å². The number of piperidine rings is 1. The highest BCUT2D eigenvalue weighted by Crippen LogP contribution is 2.17. The number of nitrogens with zero attached hydrogens (tertiary/aromatic N) is 3. The molecule has 1 fully saturated rings. The molecule has 7 nitrogen and oxygen atoms in total. The lowest BCUT2D eigenvalue weighted by Crippen LogP contribution is -2.52. The Kier molecular flexibility index (Phi) is 9.54. The SMILES string of the molecule is CCC(CC)C(=O)N1CCC(NC(=NC)NCC(=O)N(C)CC(F)(F)F)CC1.